The molecule has 25 heavy (non-hydrogen) atoms. The van der Waals surface area contributed by atoms with Crippen molar-refractivity contribution < 1.29 is 9.53 Å². The Labute approximate surface area is 148 Å². The molecule has 8 nitrogen and oxygen atoms in total. The molecule has 2 aliphatic heterocycles. The van der Waals surface area contributed by atoms with E-state index in [-0.39, 0.29) is 12.1 Å². The minimum absolute atomic E-state index is 0.229. The Morgan fingerprint density at radius 2 is 2.24 bits per heavy atom. The molecule has 2 aliphatic rings. The van der Waals surface area contributed by atoms with Crippen LogP contribution < -0.4 is 5.32 Å². The number of aryl methyl sites for hydroxylation is 1. The van der Waals surface area contributed by atoms with Crippen molar-refractivity contribution >= 4 is 12.1 Å². The summed E-state index contributed by atoms with van der Waals surface area (Å²) in [6.07, 6.45) is 4.53. The van der Waals surface area contributed by atoms with Gasteiger partial charge < -0.3 is 19.9 Å². The van der Waals surface area contributed by atoms with Gasteiger partial charge in [-0.05, 0) is 33.3 Å². The zero-order valence-electron chi connectivity index (χ0n) is 15.3. The summed E-state index contributed by atoms with van der Waals surface area (Å²) in [5.74, 6) is 0.953. The zero-order valence-corrected chi connectivity index (χ0v) is 15.3. The first-order valence-electron chi connectivity index (χ1n) is 8.93. The number of amides is 1. The van der Waals surface area contributed by atoms with Crippen molar-refractivity contribution in [2.24, 2.45) is 4.99 Å². The molecule has 1 N–H and O–H groups in total. The Morgan fingerprint density at radius 3 is 2.96 bits per heavy atom. The van der Waals surface area contributed by atoms with Crippen LogP contribution in [-0.2, 0) is 11.3 Å². The average molecular weight is 348 g/mol. The highest BCUT2D eigenvalue weighted by Crippen LogP contribution is 2.18. The zero-order chi connectivity index (χ0) is 17.9. The normalized spacial score (nSPS) is 20.3. The number of nitrogens with one attached hydrogen (secondary N) is 1. The number of hydrogen-bond donors (Lipinski definition) is 1. The second-order valence-electron chi connectivity index (χ2n) is 7.49. The van der Waals surface area contributed by atoms with Crippen LogP contribution in [0.2, 0.25) is 0 Å². The van der Waals surface area contributed by atoms with E-state index in [9.17, 15) is 4.79 Å². The number of piperazine rings is 1. The average Bonchev–Trinajstić information content (AvgIpc) is 3.19. The number of fused-ring (bicyclic) bond motifs is 1. The van der Waals surface area contributed by atoms with Gasteiger partial charge in [-0.3, -0.25) is 9.67 Å². The maximum Gasteiger partial charge on any atom is 0.410 e. The third-order valence-electron chi connectivity index (χ3n) is 4.26. The fourth-order valence-corrected chi connectivity index (χ4v) is 3.10. The van der Waals surface area contributed by atoms with Crippen molar-refractivity contribution in [1.82, 2.24) is 24.9 Å². The van der Waals surface area contributed by atoms with Crippen LogP contribution in [0.25, 0.3) is 0 Å². The molecule has 1 amide bonds. The van der Waals surface area contributed by atoms with Gasteiger partial charge in [-0.15, -0.1) is 0 Å². The number of carbonyl (C=O) groups is 1. The van der Waals surface area contributed by atoms with Crippen LogP contribution in [0.1, 0.15) is 27.2 Å². The molecule has 1 aromatic rings. The van der Waals surface area contributed by atoms with E-state index in [1.54, 1.807) is 11.1 Å². The Balaban J connectivity index is 1.42. The molecule has 0 saturated carbocycles. The van der Waals surface area contributed by atoms with Gasteiger partial charge in [-0.2, -0.15) is 5.10 Å². The Hall–Kier alpha value is -2.25. The first kappa shape index (κ1) is 17.6. The van der Waals surface area contributed by atoms with Crippen LogP contribution >= 0.6 is 0 Å². The van der Waals surface area contributed by atoms with Crippen molar-refractivity contribution in [2.45, 2.75) is 45.4 Å². The van der Waals surface area contributed by atoms with Gasteiger partial charge in [0.2, 0.25) is 0 Å². The molecule has 0 spiro atoms. The summed E-state index contributed by atoms with van der Waals surface area (Å²) in [6.45, 7) is 10.3. The summed E-state index contributed by atoms with van der Waals surface area (Å²) in [7, 11) is 0. The summed E-state index contributed by atoms with van der Waals surface area (Å²) in [6, 6.07) is 2.18. The molecule has 3 heterocycles. The predicted octanol–water partition coefficient (Wildman–Crippen LogP) is 1.15. The van der Waals surface area contributed by atoms with E-state index in [4.69, 9.17) is 4.74 Å². The van der Waals surface area contributed by atoms with Gasteiger partial charge in [0.15, 0.2) is 5.96 Å². The predicted molar refractivity (Wildman–Crippen MR) is 95.4 cm³/mol. The Kier molecular flexibility index (Phi) is 5.15. The van der Waals surface area contributed by atoms with Crippen molar-refractivity contribution in [3.8, 4) is 0 Å². The summed E-state index contributed by atoms with van der Waals surface area (Å²) in [5.41, 5.74) is -0.457. The maximum absolute atomic E-state index is 12.2. The topological polar surface area (TPSA) is 75.0 Å². The molecule has 3 rings (SSSR count). The number of guanidine groups is 1. The van der Waals surface area contributed by atoms with Crippen LogP contribution in [0.5, 0.6) is 0 Å². The van der Waals surface area contributed by atoms with Crippen LogP contribution in [-0.4, -0.2) is 76.0 Å². The second kappa shape index (κ2) is 7.33. The van der Waals surface area contributed by atoms with E-state index >= 15 is 0 Å². The van der Waals surface area contributed by atoms with E-state index < -0.39 is 5.60 Å². The molecule has 1 unspecified atom stereocenters. The standard InChI is InChI=1S/C17H28N6O2/c1-17(2,3)25-16(24)21-10-11-23-14(13-21)12-19-15(23)18-6-4-8-22-9-5-7-20-22/h5,7,9,14H,4,6,8,10-13H2,1-3H3,(H,18,19). The highest BCUT2D eigenvalue weighted by molar-refractivity contribution is 5.82. The van der Waals surface area contributed by atoms with Gasteiger partial charge in [0.05, 0.1) is 12.6 Å². The number of aliphatic imine (C=N–C) groups is 1. The van der Waals surface area contributed by atoms with Gasteiger partial charge in [0.1, 0.15) is 5.60 Å². The molecule has 1 saturated heterocycles. The Morgan fingerprint density at radius 1 is 1.40 bits per heavy atom. The molecular weight excluding hydrogens is 320 g/mol. The van der Waals surface area contributed by atoms with Crippen LogP contribution in [0.4, 0.5) is 4.79 Å². The molecule has 1 atom stereocenters. The third kappa shape index (κ3) is 4.64. The smallest absolute Gasteiger partial charge is 0.410 e. The van der Waals surface area contributed by atoms with Gasteiger partial charge in [-0.25, -0.2) is 4.79 Å². The number of ether oxygens (including phenoxy) is 1. The minimum atomic E-state index is -0.457. The van der Waals surface area contributed by atoms with Gasteiger partial charge in [0, 0.05) is 45.1 Å². The molecule has 0 radical (unpaired) electrons. The van der Waals surface area contributed by atoms with E-state index in [1.165, 1.54) is 0 Å². The van der Waals surface area contributed by atoms with Crippen molar-refractivity contribution in [1.29, 1.82) is 0 Å². The van der Waals surface area contributed by atoms with Crippen molar-refractivity contribution in [2.75, 3.05) is 32.7 Å². The van der Waals surface area contributed by atoms with E-state index in [2.05, 4.69) is 20.3 Å². The molecule has 0 bridgehead atoms. The highest BCUT2D eigenvalue weighted by Gasteiger charge is 2.36. The lowest BCUT2D eigenvalue weighted by atomic mass is 10.2. The molecular formula is C17H28N6O2. The third-order valence-corrected chi connectivity index (χ3v) is 4.26. The van der Waals surface area contributed by atoms with E-state index in [1.807, 2.05) is 37.7 Å². The fourth-order valence-electron chi connectivity index (χ4n) is 3.10. The number of rotatable bonds is 4. The quantitative estimate of drug-likeness (QED) is 0.827. The number of nitrogens with zero attached hydrogens (tertiary/aromatic N) is 5. The van der Waals surface area contributed by atoms with Gasteiger partial charge >= 0.3 is 6.09 Å². The summed E-state index contributed by atoms with van der Waals surface area (Å²) < 4.78 is 7.41. The second-order valence-corrected chi connectivity index (χ2v) is 7.49. The van der Waals surface area contributed by atoms with Gasteiger partial charge in [0.25, 0.3) is 0 Å². The lowest BCUT2D eigenvalue weighted by Gasteiger charge is -2.39. The molecule has 1 fully saturated rings. The summed E-state index contributed by atoms with van der Waals surface area (Å²) >= 11 is 0. The number of aromatic nitrogens is 2. The number of carbonyl (C=O) groups excluding carboxylic acids is 1. The molecule has 1 aromatic heterocycles. The summed E-state index contributed by atoms with van der Waals surface area (Å²) in [4.78, 5) is 20.9. The molecule has 0 aliphatic carbocycles. The van der Waals surface area contributed by atoms with Crippen LogP contribution in [0, 0.1) is 0 Å². The minimum Gasteiger partial charge on any atom is -0.444 e. The lowest BCUT2D eigenvalue weighted by Crippen LogP contribution is -2.57. The Bertz CT molecular complexity index is 607. The largest absolute Gasteiger partial charge is 0.444 e. The van der Waals surface area contributed by atoms with E-state index in [0.29, 0.717) is 13.1 Å². The van der Waals surface area contributed by atoms with Crippen LogP contribution in [0.3, 0.4) is 0 Å². The monoisotopic (exact) mass is 348 g/mol. The fraction of sp³-hybridized carbons (Fsp3) is 0.706. The summed E-state index contributed by atoms with van der Waals surface area (Å²) in [5, 5.41) is 7.63. The molecule has 0 aromatic carbocycles. The highest BCUT2D eigenvalue weighted by atomic mass is 16.6. The first-order valence-corrected chi connectivity index (χ1v) is 8.93. The molecule has 8 heteroatoms. The van der Waals surface area contributed by atoms with E-state index in [0.717, 1.165) is 38.6 Å². The van der Waals surface area contributed by atoms with Crippen molar-refractivity contribution in [3.63, 3.8) is 0 Å². The van der Waals surface area contributed by atoms with Gasteiger partial charge in [-0.1, -0.05) is 0 Å². The number of hydrogen-bond acceptors (Lipinski definition) is 6. The first-order chi connectivity index (χ1) is 11.9. The maximum atomic E-state index is 12.2. The SMILES string of the molecule is CC(C)(C)OC(=O)N1CCN2C(NCCCn3cccn3)=NCC2C1. The van der Waals surface area contributed by atoms with Crippen molar-refractivity contribution in [3.05, 3.63) is 18.5 Å². The lowest BCUT2D eigenvalue weighted by molar-refractivity contribution is 0.0137. The van der Waals surface area contributed by atoms with Crippen LogP contribution in [0.15, 0.2) is 23.5 Å². The molecule has 138 valence electrons.